The van der Waals surface area contributed by atoms with Crippen molar-refractivity contribution in [3.63, 3.8) is 0 Å². The van der Waals surface area contributed by atoms with Crippen molar-refractivity contribution in [3.8, 4) is 0 Å². The second kappa shape index (κ2) is 5.62. The normalized spacial score (nSPS) is 24.7. The zero-order chi connectivity index (χ0) is 12.3. The first-order chi connectivity index (χ1) is 8.24. The van der Waals surface area contributed by atoms with E-state index in [1.54, 1.807) is 0 Å². The molecule has 1 saturated heterocycles. The predicted octanol–water partition coefficient (Wildman–Crippen LogP) is 0.485. The Balaban J connectivity index is 1.99. The van der Waals surface area contributed by atoms with E-state index >= 15 is 0 Å². The minimum Gasteiger partial charge on any atom is -0.389 e. The Labute approximate surface area is 102 Å². The van der Waals surface area contributed by atoms with Gasteiger partial charge in [0.15, 0.2) is 0 Å². The third-order valence-electron chi connectivity index (χ3n) is 3.28. The van der Waals surface area contributed by atoms with E-state index in [1.807, 2.05) is 16.9 Å². The highest BCUT2D eigenvalue weighted by Crippen LogP contribution is 2.15. The van der Waals surface area contributed by atoms with E-state index < -0.39 is 0 Å². The molecule has 0 unspecified atom stereocenters. The van der Waals surface area contributed by atoms with Gasteiger partial charge in [-0.3, -0.25) is 9.58 Å². The predicted molar refractivity (Wildman–Crippen MR) is 64.6 cm³/mol. The summed E-state index contributed by atoms with van der Waals surface area (Å²) >= 11 is 0. The second-order valence-corrected chi connectivity index (χ2v) is 4.40. The van der Waals surface area contributed by atoms with Crippen LogP contribution in [-0.2, 0) is 17.8 Å². The lowest BCUT2D eigenvalue weighted by molar-refractivity contribution is 0.0800. The van der Waals surface area contributed by atoms with Crippen LogP contribution in [0.2, 0.25) is 0 Å². The highest BCUT2D eigenvalue weighted by molar-refractivity contribution is 5.00. The molecule has 0 spiro atoms. The van der Waals surface area contributed by atoms with E-state index in [4.69, 9.17) is 4.74 Å². The van der Waals surface area contributed by atoms with Gasteiger partial charge in [-0.1, -0.05) is 6.92 Å². The molecule has 1 aliphatic heterocycles. The molecule has 1 N–H and O–H groups in total. The van der Waals surface area contributed by atoms with Gasteiger partial charge in [0.1, 0.15) is 0 Å². The second-order valence-electron chi connectivity index (χ2n) is 4.40. The number of aliphatic hydroxyl groups is 1. The number of hydrogen-bond donors (Lipinski definition) is 1. The van der Waals surface area contributed by atoms with Crippen LogP contribution in [0.4, 0.5) is 0 Å². The van der Waals surface area contributed by atoms with Gasteiger partial charge in [-0.2, -0.15) is 5.10 Å². The molecule has 0 saturated carbocycles. The Morgan fingerprint density at radius 3 is 2.88 bits per heavy atom. The molecule has 96 valence electrons. The van der Waals surface area contributed by atoms with Crippen molar-refractivity contribution >= 4 is 0 Å². The quantitative estimate of drug-likeness (QED) is 0.812. The van der Waals surface area contributed by atoms with Crippen molar-refractivity contribution in [2.24, 2.45) is 0 Å². The molecule has 2 heterocycles. The van der Waals surface area contributed by atoms with Crippen molar-refractivity contribution < 1.29 is 9.84 Å². The Hall–Kier alpha value is -0.910. The van der Waals surface area contributed by atoms with E-state index in [0.29, 0.717) is 13.2 Å². The fraction of sp³-hybridized carbons (Fsp3) is 0.750. The van der Waals surface area contributed by atoms with Gasteiger partial charge in [0.05, 0.1) is 31.1 Å². The lowest BCUT2D eigenvalue weighted by Gasteiger charge is -2.27. The number of nitrogens with zero attached hydrogens (tertiary/aromatic N) is 3. The molecule has 1 aliphatic rings. The van der Waals surface area contributed by atoms with Crippen LogP contribution in [0.25, 0.3) is 0 Å². The zero-order valence-electron chi connectivity index (χ0n) is 10.5. The maximum atomic E-state index is 9.83. The van der Waals surface area contributed by atoms with Gasteiger partial charge < -0.3 is 9.84 Å². The number of aromatic nitrogens is 2. The van der Waals surface area contributed by atoms with Crippen LogP contribution < -0.4 is 0 Å². The van der Waals surface area contributed by atoms with Crippen LogP contribution in [0.1, 0.15) is 19.5 Å². The van der Waals surface area contributed by atoms with Crippen molar-refractivity contribution in [2.45, 2.75) is 39.1 Å². The monoisotopic (exact) mass is 239 g/mol. The first-order valence-electron chi connectivity index (χ1n) is 6.26. The van der Waals surface area contributed by atoms with Crippen molar-refractivity contribution in [3.05, 3.63) is 18.0 Å². The molecule has 1 aromatic heterocycles. The molecule has 0 aromatic carbocycles. The van der Waals surface area contributed by atoms with Crippen LogP contribution in [0.5, 0.6) is 0 Å². The SMILES string of the molecule is CCN(Cc1ccn(CC)n1)[C@@H]1COC[C@H]1O. The van der Waals surface area contributed by atoms with E-state index in [2.05, 4.69) is 23.8 Å². The molecule has 0 radical (unpaired) electrons. The standard InChI is InChI=1S/C12H21N3O2/c1-3-14(11-8-17-9-12(11)16)7-10-5-6-15(4-2)13-10/h5-6,11-12,16H,3-4,7-9H2,1-2H3/t11-,12-/m1/s1. The lowest BCUT2D eigenvalue weighted by atomic mass is 10.1. The van der Waals surface area contributed by atoms with Crippen LogP contribution in [0.3, 0.4) is 0 Å². The van der Waals surface area contributed by atoms with Crippen molar-refractivity contribution in [2.75, 3.05) is 19.8 Å². The fourth-order valence-electron chi connectivity index (χ4n) is 2.22. The molecular formula is C12H21N3O2. The largest absolute Gasteiger partial charge is 0.389 e. The van der Waals surface area contributed by atoms with E-state index in [0.717, 1.165) is 25.3 Å². The highest BCUT2D eigenvalue weighted by Gasteiger charge is 2.31. The number of hydrogen-bond acceptors (Lipinski definition) is 4. The summed E-state index contributed by atoms with van der Waals surface area (Å²) in [6.07, 6.45) is 1.62. The summed E-state index contributed by atoms with van der Waals surface area (Å²) in [5.41, 5.74) is 1.05. The first-order valence-corrected chi connectivity index (χ1v) is 6.26. The number of rotatable bonds is 5. The first kappa shape index (κ1) is 12.5. The van der Waals surface area contributed by atoms with Crippen LogP contribution in [0.15, 0.2) is 12.3 Å². The van der Waals surface area contributed by atoms with Gasteiger partial charge in [0, 0.05) is 19.3 Å². The minimum atomic E-state index is -0.372. The Morgan fingerprint density at radius 2 is 2.35 bits per heavy atom. The third kappa shape index (κ3) is 2.86. The molecule has 0 aliphatic carbocycles. The summed E-state index contributed by atoms with van der Waals surface area (Å²) in [7, 11) is 0. The molecule has 0 bridgehead atoms. The van der Waals surface area contributed by atoms with E-state index in [1.165, 1.54) is 0 Å². The summed E-state index contributed by atoms with van der Waals surface area (Å²) in [5.74, 6) is 0. The molecule has 0 amide bonds. The summed E-state index contributed by atoms with van der Waals surface area (Å²) in [5, 5.41) is 14.3. The molecule has 17 heavy (non-hydrogen) atoms. The maximum absolute atomic E-state index is 9.83. The van der Waals surface area contributed by atoms with Crippen LogP contribution in [-0.4, -0.2) is 51.7 Å². The summed E-state index contributed by atoms with van der Waals surface area (Å²) in [4.78, 5) is 2.22. The molecule has 5 heteroatoms. The van der Waals surface area contributed by atoms with E-state index in [9.17, 15) is 5.11 Å². The zero-order valence-corrected chi connectivity index (χ0v) is 10.5. The fourth-order valence-corrected chi connectivity index (χ4v) is 2.22. The van der Waals surface area contributed by atoms with Crippen LogP contribution in [0, 0.1) is 0 Å². The maximum Gasteiger partial charge on any atom is 0.0950 e. The Kier molecular flexibility index (Phi) is 4.15. The van der Waals surface area contributed by atoms with Gasteiger partial charge in [-0.05, 0) is 19.5 Å². The smallest absolute Gasteiger partial charge is 0.0950 e. The van der Waals surface area contributed by atoms with E-state index in [-0.39, 0.29) is 12.1 Å². The summed E-state index contributed by atoms with van der Waals surface area (Å²) < 4.78 is 7.22. The molecule has 5 nitrogen and oxygen atoms in total. The topological polar surface area (TPSA) is 50.5 Å². The Morgan fingerprint density at radius 1 is 1.53 bits per heavy atom. The summed E-state index contributed by atoms with van der Waals surface area (Å²) in [6.45, 7) is 7.79. The van der Waals surface area contributed by atoms with Gasteiger partial charge >= 0.3 is 0 Å². The number of likely N-dealkylation sites (N-methyl/N-ethyl adjacent to an activating group) is 1. The van der Waals surface area contributed by atoms with Gasteiger partial charge in [-0.15, -0.1) is 0 Å². The molecule has 1 aromatic rings. The molecule has 2 rings (SSSR count). The number of aryl methyl sites for hydroxylation is 1. The average Bonchev–Trinajstić information content (AvgIpc) is 2.95. The van der Waals surface area contributed by atoms with Crippen molar-refractivity contribution in [1.82, 2.24) is 14.7 Å². The van der Waals surface area contributed by atoms with Gasteiger partial charge in [-0.25, -0.2) is 0 Å². The molecular weight excluding hydrogens is 218 g/mol. The number of aliphatic hydroxyl groups excluding tert-OH is 1. The minimum absolute atomic E-state index is 0.103. The molecule has 1 fully saturated rings. The molecule has 2 atom stereocenters. The number of ether oxygens (including phenoxy) is 1. The third-order valence-corrected chi connectivity index (χ3v) is 3.28. The van der Waals surface area contributed by atoms with Crippen LogP contribution >= 0.6 is 0 Å². The summed E-state index contributed by atoms with van der Waals surface area (Å²) in [6, 6.07) is 2.14. The highest BCUT2D eigenvalue weighted by atomic mass is 16.5. The van der Waals surface area contributed by atoms with Crippen molar-refractivity contribution in [1.29, 1.82) is 0 Å². The Bertz CT molecular complexity index is 353. The lowest BCUT2D eigenvalue weighted by Crippen LogP contribution is -2.42. The average molecular weight is 239 g/mol. The van der Waals surface area contributed by atoms with Gasteiger partial charge in [0.2, 0.25) is 0 Å². The van der Waals surface area contributed by atoms with Gasteiger partial charge in [0.25, 0.3) is 0 Å².